The van der Waals surface area contributed by atoms with Gasteiger partial charge in [-0.15, -0.1) is 0 Å². The Balaban J connectivity index is 2.01. The van der Waals surface area contributed by atoms with E-state index in [0.717, 1.165) is 29.8 Å². The molecule has 0 saturated carbocycles. The lowest BCUT2D eigenvalue weighted by Gasteiger charge is -2.29. The lowest BCUT2D eigenvalue weighted by atomic mass is 9.99. The van der Waals surface area contributed by atoms with Gasteiger partial charge in [-0.25, -0.2) is 4.98 Å². The Kier molecular flexibility index (Phi) is 2.87. The van der Waals surface area contributed by atoms with Gasteiger partial charge in [0.1, 0.15) is 5.69 Å². The molecule has 1 aromatic carbocycles. The minimum absolute atomic E-state index is 0.125. The third-order valence-electron chi connectivity index (χ3n) is 3.31. The summed E-state index contributed by atoms with van der Waals surface area (Å²) in [4.78, 5) is 22.2. The van der Waals surface area contributed by atoms with Gasteiger partial charge in [0.15, 0.2) is 0 Å². The van der Waals surface area contributed by atoms with Gasteiger partial charge in [0.2, 0.25) is 0 Å². The van der Waals surface area contributed by atoms with E-state index < -0.39 is 0 Å². The number of nitrogens with zero attached hydrogens (tertiary/aromatic N) is 3. The molecule has 96 valence electrons. The number of anilines is 2. The SMILES string of the molecule is Nc1cccc2c1CCCN2C(=O)c1cnccn1. The lowest BCUT2D eigenvalue weighted by molar-refractivity contribution is 0.0980. The summed E-state index contributed by atoms with van der Waals surface area (Å²) >= 11 is 0. The quantitative estimate of drug-likeness (QED) is 0.785. The van der Waals surface area contributed by atoms with Crippen LogP contribution in [0.2, 0.25) is 0 Å². The minimum atomic E-state index is -0.125. The highest BCUT2D eigenvalue weighted by Gasteiger charge is 2.25. The van der Waals surface area contributed by atoms with E-state index in [0.29, 0.717) is 12.2 Å². The van der Waals surface area contributed by atoms with Crippen LogP contribution in [0.4, 0.5) is 11.4 Å². The Morgan fingerprint density at radius 3 is 3.00 bits per heavy atom. The van der Waals surface area contributed by atoms with Crippen molar-refractivity contribution in [3.8, 4) is 0 Å². The van der Waals surface area contributed by atoms with Crippen LogP contribution in [-0.2, 0) is 6.42 Å². The molecule has 0 bridgehead atoms. The minimum Gasteiger partial charge on any atom is -0.398 e. The molecule has 3 rings (SSSR count). The summed E-state index contributed by atoms with van der Waals surface area (Å²) in [5.74, 6) is -0.125. The maximum absolute atomic E-state index is 12.5. The second-order valence-electron chi connectivity index (χ2n) is 4.50. The fourth-order valence-electron chi connectivity index (χ4n) is 2.41. The van der Waals surface area contributed by atoms with Gasteiger partial charge in [0.25, 0.3) is 5.91 Å². The smallest absolute Gasteiger partial charge is 0.278 e. The van der Waals surface area contributed by atoms with Crippen LogP contribution in [-0.4, -0.2) is 22.4 Å². The standard InChI is InChI=1S/C14H14N4O/c15-11-4-1-5-13-10(11)3-2-8-18(13)14(19)12-9-16-6-7-17-12/h1,4-7,9H,2-3,8,15H2. The maximum atomic E-state index is 12.5. The molecule has 1 aliphatic heterocycles. The number of fused-ring (bicyclic) bond motifs is 1. The van der Waals surface area contributed by atoms with E-state index in [2.05, 4.69) is 9.97 Å². The first-order valence-corrected chi connectivity index (χ1v) is 6.22. The van der Waals surface area contributed by atoms with Gasteiger partial charge < -0.3 is 10.6 Å². The number of rotatable bonds is 1. The predicted octanol–water partition coefficient (Wildman–Crippen LogP) is 1.65. The second kappa shape index (κ2) is 4.68. The number of nitrogen functional groups attached to an aromatic ring is 1. The number of carbonyl (C=O) groups is 1. The highest BCUT2D eigenvalue weighted by Crippen LogP contribution is 2.31. The van der Waals surface area contributed by atoms with Crippen LogP contribution in [0, 0.1) is 0 Å². The van der Waals surface area contributed by atoms with Crippen LogP contribution in [0.25, 0.3) is 0 Å². The fourth-order valence-corrected chi connectivity index (χ4v) is 2.41. The molecular weight excluding hydrogens is 240 g/mol. The number of nitrogens with two attached hydrogens (primary N) is 1. The molecule has 0 fully saturated rings. The van der Waals surface area contributed by atoms with E-state index in [9.17, 15) is 4.79 Å². The van der Waals surface area contributed by atoms with Gasteiger partial charge in [-0.05, 0) is 30.5 Å². The lowest BCUT2D eigenvalue weighted by Crippen LogP contribution is -2.36. The van der Waals surface area contributed by atoms with Gasteiger partial charge in [0.05, 0.1) is 6.20 Å². The van der Waals surface area contributed by atoms with Crippen molar-refractivity contribution in [2.75, 3.05) is 17.2 Å². The van der Waals surface area contributed by atoms with Crippen LogP contribution in [0.5, 0.6) is 0 Å². The van der Waals surface area contributed by atoms with E-state index in [1.807, 2.05) is 18.2 Å². The van der Waals surface area contributed by atoms with Gasteiger partial charge >= 0.3 is 0 Å². The molecule has 0 radical (unpaired) electrons. The molecule has 1 amide bonds. The zero-order chi connectivity index (χ0) is 13.2. The normalized spacial score (nSPS) is 14.0. The van der Waals surface area contributed by atoms with Crippen molar-refractivity contribution < 1.29 is 4.79 Å². The predicted molar refractivity (Wildman–Crippen MR) is 72.9 cm³/mol. The van der Waals surface area contributed by atoms with E-state index in [1.165, 1.54) is 12.4 Å². The molecule has 1 aliphatic rings. The van der Waals surface area contributed by atoms with Crippen LogP contribution >= 0.6 is 0 Å². The Morgan fingerprint density at radius 1 is 1.32 bits per heavy atom. The maximum Gasteiger partial charge on any atom is 0.278 e. The summed E-state index contributed by atoms with van der Waals surface area (Å²) in [7, 11) is 0. The first kappa shape index (κ1) is 11.6. The van der Waals surface area contributed by atoms with Gasteiger partial charge in [-0.3, -0.25) is 9.78 Å². The van der Waals surface area contributed by atoms with Crippen LogP contribution in [0.15, 0.2) is 36.8 Å². The molecule has 0 aliphatic carbocycles. The Hall–Kier alpha value is -2.43. The van der Waals surface area contributed by atoms with Crippen LogP contribution in [0.1, 0.15) is 22.5 Å². The first-order valence-electron chi connectivity index (χ1n) is 6.22. The van der Waals surface area contributed by atoms with Gasteiger partial charge in [-0.1, -0.05) is 6.07 Å². The Labute approximate surface area is 111 Å². The van der Waals surface area contributed by atoms with E-state index >= 15 is 0 Å². The average Bonchev–Trinajstić information content (AvgIpc) is 2.47. The van der Waals surface area contributed by atoms with E-state index in [4.69, 9.17) is 5.73 Å². The van der Waals surface area contributed by atoms with Gasteiger partial charge in [-0.2, -0.15) is 0 Å². The zero-order valence-electron chi connectivity index (χ0n) is 10.4. The summed E-state index contributed by atoms with van der Waals surface area (Å²) in [6.45, 7) is 0.686. The van der Waals surface area contributed by atoms with Crippen molar-refractivity contribution in [2.24, 2.45) is 0 Å². The van der Waals surface area contributed by atoms with Gasteiger partial charge in [0, 0.05) is 30.3 Å². The fraction of sp³-hybridized carbons (Fsp3) is 0.214. The molecule has 0 spiro atoms. The highest BCUT2D eigenvalue weighted by molar-refractivity contribution is 6.05. The molecule has 1 aromatic heterocycles. The van der Waals surface area contributed by atoms with Crippen LogP contribution < -0.4 is 10.6 Å². The number of hydrogen-bond donors (Lipinski definition) is 1. The molecule has 0 saturated heterocycles. The van der Waals surface area contributed by atoms with Crippen molar-refractivity contribution in [3.05, 3.63) is 48.0 Å². The first-order chi connectivity index (χ1) is 9.27. The summed E-state index contributed by atoms with van der Waals surface area (Å²) in [5.41, 5.74) is 9.02. The molecule has 2 aromatic rings. The molecule has 5 heteroatoms. The number of amides is 1. The summed E-state index contributed by atoms with van der Waals surface area (Å²) < 4.78 is 0. The number of aromatic nitrogens is 2. The van der Waals surface area contributed by atoms with Crippen molar-refractivity contribution in [3.63, 3.8) is 0 Å². The summed E-state index contributed by atoms with van der Waals surface area (Å²) in [6.07, 6.45) is 6.39. The Morgan fingerprint density at radius 2 is 2.21 bits per heavy atom. The number of carbonyl (C=O) groups excluding carboxylic acids is 1. The monoisotopic (exact) mass is 254 g/mol. The number of hydrogen-bond acceptors (Lipinski definition) is 4. The zero-order valence-corrected chi connectivity index (χ0v) is 10.4. The molecule has 2 N–H and O–H groups in total. The van der Waals surface area contributed by atoms with Crippen LogP contribution in [0.3, 0.4) is 0 Å². The topological polar surface area (TPSA) is 72.1 Å². The second-order valence-corrected chi connectivity index (χ2v) is 4.50. The molecule has 2 heterocycles. The summed E-state index contributed by atoms with van der Waals surface area (Å²) in [5, 5.41) is 0. The third-order valence-corrected chi connectivity index (χ3v) is 3.31. The molecule has 0 unspecified atom stereocenters. The van der Waals surface area contributed by atoms with E-state index in [-0.39, 0.29) is 5.91 Å². The summed E-state index contributed by atoms with van der Waals surface area (Å²) in [6, 6.07) is 5.67. The molecule has 0 atom stereocenters. The molecule has 19 heavy (non-hydrogen) atoms. The highest BCUT2D eigenvalue weighted by atomic mass is 16.2. The molecular formula is C14H14N4O. The van der Waals surface area contributed by atoms with Crippen molar-refractivity contribution in [1.29, 1.82) is 0 Å². The number of benzene rings is 1. The average molecular weight is 254 g/mol. The van der Waals surface area contributed by atoms with E-state index in [1.54, 1.807) is 11.1 Å². The largest absolute Gasteiger partial charge is 0.398 e. The van der Waals surface area contributed by atoms with Crippen molar-refractivity contribution >= 4 is 17.3 Å². The van der Waals surface area contributed by atoms with Crippen molar-refractivity contribution in [2.45, 2.75) is 12.8 Å². The Bertz CT molecular complexity index is 612. The van der Waals surface area contributed by atoms with Crippen molar-refractivity contribution in [1.82, 2.24) is 9.97 Å². The third kappa shape index (κ3) is 2.03. The molecule has 5 nitrogen and oxygen atoms in total.